The second-order valence-corrected chi connectivity index (χ2v) is 5.62. The van der Waals surface area contributed by atoms with E-state index in [1.807, 2.05) is 18.2 Å². The number of likely N-dealkylation sites (N-methyl/N-ethyl adjacent to an activating group) is 1. The van der Waals surface area contributed by atoms with Crippen molar-refractivity contribution in [2.24, 2.45) is 0 Å². The molecule has 4 nitrogen and oxygen atoms in total. The van der Waals surface area contributed by atoms with Crippen LogP contribution in [0.1, 0.15) is 19.8 Å². The fourth-order valence-electron chi connectivity index (χ4n) is 2.60. The lowest BCUT2D eigenvalue weighted by molar-refractivity contribution is 0.266. The number of nitrogens with zero attached hydrogens (tertiary/aromatic N) is 3. The fraction of sp³-hybridized carbons (Fsp3) is 0.467. The maximum atomic E-state index is 5.37. The van der Waals surface area contributed by atoms with E-state index in [4.69, 9.17) is 12.2 Å². The lowest BCUT2D eigenvalue weighted by Gasteiger charge is -2.20. The Balaban J connectivity index is 1.79. The molecule has 0 spiro atoms. The largest absolute Gasteiger partial charge is 0.299 e. The van der Waals surface area contributed by atoms with Gasteiger partial charge < -0.3 is 0 Å². The Hall–Kier alpha value is -1.46. The van der Waals surface area contributed by atoms with Gasteiger partial charge in [-0.1, -0.05) is 37.3 Å². The minimum absolute atomic E-state index is 0.704. The lowest BCUT2D eigenvalue weighted by Crippen LogP contribution is -2.29. The molecule has 0 bridgehead atoms. The van der Waals surface area contributed by atoms with Crippen molar-refractivity contribution < 1.29 is 0 Å². The van der Waals surface area contributed by atoms with Gasteiger partial charge in [0.15, 0.2) is 10.6 Å². The lowest BCUT2D eigenvalue weighted by atomic mass is 10.2. The summed E-state index contributed by atoms with van der Waals surface area (Å²) < 4.78 is 2.81. The van der Waals surface area contributed by atoms with E-state index in [0.717, 1.165) is 37.1 Å². The monoisotopic (exact) mass is 288 g/mol. The molecule has 1 aromatic carbocycles. The van der Waals surface area contributed by atoms with E-state index in [9.17, 15) is 0 Å². The zero-order chi connectivity index (χ0) is 13.9. The summed E-state index contributed by atoms with van der Waals surface area (Å²) in [4.78, 5) is 2.53. The van der Waals surface area contributed by atoms with Crippen LogP contribution in [0, 0.1) is 4.77 Å². The number of hydrogen-bond donors (Lipinski definition) is 1. The van der Waals surface area contributed by atoms with E-state index >= 15 is 0 Å². The molecule has 2 aromatic rings. The van der Waals surface area contributed by atoms with Crippen LogP contribution >= 0.6 is 12.2 Å². The maximum Gasteiger partial charge on any atom is 0.195 e. The molecule has 1 aromatic heterocycles. The van der Waals surface area contributed by atoms with Crippen LogP contribution in [0.5, 0.6) is 0 Å². The summed E-state index contributed by atoms with van der Waals surface area (Å²) in [5.74, 6) is 0.933. The molecule has 0 saturated heterocycles. The predicted octanol–water partition coefficient (Wildman–Crippen LogP) is 3.09. The van der Waals surface area contributed by atoms with Crippen molar-refractivity contribution in [2.75, 3.05) is 13.1 Å². The van der Waals surface area contributed by atoms with Crippen LogP contribution in [0.15, 0.2) is 30.3 Å². The molecule has 0 atom stereocenters. The first-order valence-corrected chi connectivity index (χ1v) is 7.65. The first-order chi connectivity index (χ1) is 9.79. The van der Waals surface area contributed by atoms with Crippen LogP contribution in [0.4, 0.5) is 0 Å². The van der Waals surface area contributed by atoms with Gasteiger partial charge in [0.05, 0.1) is 0 Å². The van der Waals surface area contributed by atoms with Crippen molar-refractivity contribution in [3.8, 4) is 11.4 Å². The van der Waals surface area contributed by atoms with Crippen molar-refractivity contribution in [3.63, 3.8) is 0 Å². The van der Waals surface area contributed by atoms with Crippen LogP contribution in [0.2, 0.25) is 0 Å². The highest BCUT2D eigenvalue weighted by Gasteiger charge is 2.27. The van der Waals surface area contributed by atoms with E-state index in [1.165, 1.54) is 12.8 Å². The number of rotatable bonds is 6. The molecule has 1 aliphatic rings. The van der Waals surface area contributed by atoms with Crippen LogP contribution in [-0.4, -0.2) is 38.8 Å². The van der Waals surface area contributed by atoms with Crippen molar-refractivity contribution in [3.05, 3.63) is 35.1 Å². The number of H-pyrrole nitrogens is 1. The summed E-state index contributed by atoms with van der Waals surface area (Å²) in [6.07, 6.45) is 2.69. The normalized spacial score (nSPS) is 14.9. The molecule has 5 heteroatoms. The summed E-state index contributed by atoms with van der Waals surface area (Å²) in [6, 6.07) is 11.0. The molecule has 1 fully saturated rings. The second kappa shape index (κ2) is 5.89. The van der Waals surface area contributed by atoms with Crippen molar-refractivity contribution >= 4 is 12.2 Å². The SMILES string of the molecule is CCN(CCn1c(-c2ccccc2)n[nH]c1=S)C1CC1. The van der Waals surface area contributed by atoms with Gasteiger partial charge in [-0.3, -0.25) is 14.6 Å². The smallest absolute Gasteiger partial charge is 0.195 e. The van der Waals surface area contributed by atoms with E-state index in [2.05, 4.69) is 38.7 Å². The first-order valence-electron chi connectivity index (χ1n) is 7.24. The van der Waals surface area contributed by atoms with Crippen LogP contribution in [0.3, 0.4) is 0 Å². The molecule has 1 N–H and O–H groups in total. The van der Waals surface area contributed by atoms with Crippen molar-refractivity contribution in [2.45, 2.75) is 32.4 Å². The summed E-state index contributed by atoms with van der Waals surface area (Å²) in [5.41, 5.74) is 1.11. The number of aromatic nitrogens is 3. The number of aromatic amines is 1. The fourth-order valence-corrected chi connectivity index (χ4v) is 2.82. The second-order valence-electron chi connectivity index (χ2n) is 5.23. The highest BCUT2D eigenvalue weighted by molar-refractivity contribution is 7.71. The molecule has 106 valence electrons. The van der Waals surface area contributed by atoms with E-state index in [1.54, 1.807) is 0 Å². The van der Waals surface area contributed by atoms with Gasteiger partial charge in [0, 0.05) is 24.7 Å². The van der Waals surface area contributed by atoms with Crippen LogP contribution in [0.25, 0.3) is 11.4 Å². The summed E-state index contributed by atoms with van der Waals surface area (Å²) in [6.45, 7) is 5.26. The van der Waals surface area contributed by atoms with Gasteiger partial charge in [0.2, 0.25) is 0 Å². The minimum atomic E-state index is 0.704. The highest BCUT2D eigenvalue weighted by Crippen LogP contribution is 2.26. The van der Waals surface area contributed by atoms with Crippen LogP contribution in [-0.2, 0) is 6.54 Å². The average Bonchev–Trinajstić information content (AvgIpc) is 3.25. The summed E-state index contributed by atoms with van der Waals surface area (Å²) >= 11 is 5.37. The van der Waals surface area contributed by atoms with E-state index in [0.29, 0.717) is 4.77 Å². The Morgan fingerprint density at radius 2 is 2.10 bits per heavy atom. The van der Waals surface area contributed by atoms with Gasteiger partial charge in [-0.2, -0.15) is 5.10 Å². The van der Waals surface area contributed by atoms with Gasteiger partial charge in [-0.05, 0) is 31.6 Å². The molecule has 3 rings (SSSR count). The highest BCUT2D eigenvalue weighted by atomic mass is 32.1. The molecule has 0 amide bonds. The average molecular weight is 288 g/mol. The molecular weight excluding hydrogens is 268 g/mol. The zero-order valence-electron chi connectivity index (χ0n) is 11.7. The number of hydrogen-bond acceptors (Lipinski definition) is 3. The van der Waals surface area contributed by atoms with Gasteiger partial charge >= 0.3 is 0 Å². The van der Waals surface area contributed by atoms with Crippen LogP contribution < -0.4 is 0 Å². The predicted molar refractivity (Wildman–Crippen MR) is 83.1 cm³/mol. The molecule has 0 aliphatic heterocycles. The third-order valence-electron chi connectivity index (χ3n) is 3.87. The molecule has 20 heavy (non-hydrogen) atoms. The quantitative estimate of drug-likeness (QED) is 0.830. The van der Waals surface area contributed by atoms with Gasteiger partial charge in [0.25, 0.3) is 0 Å². The molecule has 0 radical (unpaired) electrons. The number of nitrogens with one attached hydrogen (secondary N) is 1. The Bertz CT molecular complexity index is 612. The van der Waals surface area contributed by atoms with Gasteiger partial charge in [0.1, 0.15) is 0 Å². The molecule has 1 heterocycles. The molecule has 1 saturated carbocycles. The Morgan fingerprint density at radius 3 is 2.75 bits per heavy atom. The van der Waals surface area contributed by atoms with E-state index in [-0.39, 0.29) is 0 Å². The van der Waals surface area contributed by atoms with Crippen molar-refractivity contribution in [1.82, 2.24) is 19.7 Å². The Morgan fingerprint density at radius 1 is 1.35 bits per heavy atom. The molecule has 0 unspecified atom stereocenters. The minimum Gasteiger partial charge on any atom is -0.299 e. The standard InChI is InChI=1S/C15H20N4S/c1-2-18(13-8-9-13)10-11-19-14(16-17-15(19)20)12-6-4-3-5-7-12/h3-7,13H,2,8-11H2,1H3,(H,17,20). The topological polar surface area (TPSA) is 36.9 Å². The summed E-state index contributed by atoms with van der Waals surface area (Å²) in [7, 11) is 0. The Kier molecular flexibility index (Phi) is 3.98. The first kappa shape index (κ1) is 13.5. The van der Waals surface area contributed by atoms with Crippen molar-refractivity contribution in [1.29, 1.82) is 0 Å². The molecule has 1 aliphatic carbocycles. The third kappa shape index (κ3) is 2.83. The maximum absolute atomic E-state index is 5.37. The van der Waals surface area contributed by atoms with E-state index < -0.39 is 0 Å². The van der Waals surface area contributed by atoms with Gasteiger partial charge in [-0.15, -0.1) is 0 Å². The third-order valence-corrected chi connectivity index (χ3v) is 4.18. The Labute approximate surface area is 124 Å². The van der Waals surface area contributed by atoms with Gasteiger partial charge in [-0.25, -0.2) is 0 Å². The molecular formula is C15H20N4S. The number of benzene rings is 1. The zero-order valence-corrected chi connectivity index (χ0v) is 12.6. The summed E-state index contributed by atoms with van der Waals surface area (Å²) in [5, 5.41) is 7.30.